The number of ether oxygens (including phenoxy) is 2. The van der Waals surface area contributed by atoms with Crippen molar-refractivity contribution in [3.63, 3.8) is 0 Å². The first-order valence-electron chi connectivity index (χ1n) is 7.42. The molecule has 0 aromatic rings. The third-order valence-electron chi connectivity index (χ3n) is 3.47. The molecule has 0 bridgehead atoms. The molecular formula is C14H29NO3. The largest absolute Gasteiger partial charge is 0.392 e. The molecular weight excluding hydrogens is 230 g/mol. The molecule has 0 amide bonds. The molecule has 1 rings (SSSR count). The lowest BCUT2D eigenvalue weighted by atomic mass is 10.1. The van der Waals surface area contributed by atoms with Crippen molar-refractivity contribution in [2.75, 3.05) is 19.8 Å². The van der Waals surface area contributed by atoms with Crippen LogP contribution in [0.5, 0.6) is 0 Å². The van der Waals surface area contributed by atoms with E-state index >= 15 is 0 Å². The number of rotatable bonds is 8. The van der Waals surface area contributed by atoms with Gasteiger partial charge in [0, 0.05) is 32.2 Å². The number of hydrogen-bond donors (Lipinski definition) is 2. The molecule has 1 aliphatic rings. The second-order valence-corrected chi connectivity index (χ2v) is 4.89. The molecule has 0 saturated heterocycles. The Morgan fingerprint density at radius 3 is 2.44 bits per heavy atom. The average Bonchev–Trinajstić information content (AvgIpc) is 2.55. The second kappa shape index (κ2) is 9.73. The summed E-state index contributed by atoms with van der Waals surface area (Å²) in [4.78, 5) is 0. The molecule has 2 atom stereocenters. The van der Waals surface area contributed by atoms with E-state index in [9.17, 15) is 5.11 Å². The second-order valence-electron chi connectivity index (χ2n) is 4.89. The van der Waals surface area contributed by atoms with Crippen LogP contribution in [0.2, 0.25) is 0 Å². The van der Waals surface area contributed by atoms with Crippen molar-refractivity contribution in [3.8, 4) is 0 Å². The summed E-state index contributed by atoms with van der Waals surface area (Å²) in [7, 11) is 0. The van der Waals surface area contributed by atoms with E-state index in [4.69, 9.17) is 9.47 Å². The molecule has 4 nitrogen and oxygen atoms in total. The molecule has 0 aromatic carbocycles. The lowest BCUT2D eigenvalue weighted by molar-refractivity contribution is -0.139. The molecule has 0 aliphatic heterocycles. The molecule has 1 saturated carbocycles. The fraction of sp³-hybridized carbons (Fsp3) is 1.00. The van der Waals surface area contributed by atoms with Gasteiger partial charge in [0.1, 0.15) is 0 Å². The maximum Gasteiger partial charge on any atom is 0.158 e. The summed E-state index contributed by atoms with van der Waals surface area (Å²) >= 11 is 0. The molecule has 4 heteroatoms. The van der Waals surface area contributed by atoms with Crippen LogP contribution in [0.1, 0.15) is 52.4 Å². The monoisotopic (exact) mass is 259 g/mol. The Hall–Kier alpha value is -0.160. The minimum absolute atomic E-state index is 0.115. The highest BCUT2D eigenvalue weighted by atomic mass is 16.7. The summed E-state index contributed by atoms with van der Waals surface area (Å²) in [6, 6.07) is 0.247. The lowest BCUT2D eigenvalue weighted by Crippen LogP contribution is -2.40. The summed E-state index contributed by atoms with van der Waals surface area (Å²) in [5.74, 6) is 0. The van der Waals surface area contributed by atoms with Crippen LogP contribution >= 0.6 is 0 Å². The van der Waals surface area contributed by atoms with Crippen molar-refractivity contribution in [1.82, 2.24) is 5.32 Å². The van der Waals surface area contributed by atoms with Gasteiger partial charge in [-0.05, 0) is 26.7 Å². The van der Waals surface area contributed by atoms with Gasteiger partial charge in [0.2, 0.25) is 0 Å². The fourth-order valence-electron chi connectivity index (χ4n) is 2.50. The Morgan fingerprint density at radius 2 is 1.78 bits per heavy atom. The van der Waals surface area contributed by atoms with E-state index in [2.05, 4.69) is 5.32 Å². The van der Waals surface area contributed by atoms with Crippen molar-refractivity contribution in [2.24, 2.45) is 0 Å². The van der Waals surface area contributed by atoms with Gasteiger partial charge in [-0.3, -0.25) is 0 Å². The molecule has 1 aliphatic carbocycles. The first-order valence-corrected chi connectivity index (χ1v) is 7.42. The zero-order valence-electron chi connectivity index (χ0n) is 11.9. The zero-order chi connectivity index (χ0) is 13.2. The molecule has 2 N–H and O–H groups in total. The van der Waals surface area contributed by atoms with Gasteiger partial charge in [-0.1, -0.05) is 19.3 Å². The summed E-state index contributed by atoms with van der Waals surface area (Å²) in [5, 5.41) is 13.4. The van der Waals surface area contributed by atoms with Gasteiger partial charge in [0.15, 0.2) is 6.29 Å². The first-order chi connectivity index (χ1) is 8.77. The molecule has 0 spiro atoms. The highest BCUT2D eigenvalue weighted by Crippen LogP contribution is 2.18. The van der Waals surface area contributed by atoms with Crippen LogP contribution in [0.3, 0.4) is 0 Å². The maximum absolute atomic E-state index is 10.00. The number of aliphatic hydroxyl groups excluding tert-OH is 1. The van der Waals surface area contributed by atoms with E-state index in [0.717, 1.165) is 32.2 Å². The zero-order valence-corrected chi connectivity index (χ0v) is 11.9. The van der Waals surface area contributed by atoms with E-state index in [1.807, 2.05) is 13.8 Å². The highest BCUT2D eigenvalue weighted by molar-refractivity contribution is 4.78. The minimum Gasteiger partial charge on any atom is -0.392 e. The number of nitrogens with one attached hydrogen (secondary N) is 1. The Bertz CT molecular complexity index is 195. The molecule has 2 unspecified atom stereocenters. The number of aliphatic hydroxyl groups is 1. The maximum atomic E-state index is 10.00. The summed E-state index contributed by atoms with van der Waals surface area (Å²) < 4.78 is 11.0. The Balaban J connectivity index is 2.21. The topological polar surface area (TPSA) is 50.7 Å². The van der Waals surface area contributed by atoms with E-state index in [0.29, 0.717) is 13.2 Å². The molecule has 18 heavy (non-hydrogen) atoms. The summed E-state index contributed by atoms with van der Waals surface area (Å²) in [5.41, 5.74) is 0. The smallest absolute Gasteiger partial charge is 0.158 e. The quantitative estimate of drug-likeness (QED) is 0.517. The standard InChI is InChI=1S/C14H29NO3/c1-3-17-14(18-4-2)10-11-15-12-8-6-5-7-9-13(12)16/h12-16H,3-11H2,1-2H3. The normalized spacial score (nSPS) is 25.3. The lowest BCUT2D eigenvalue weighted by Gasteiger charge is -2.23. The number of hydrogen-bond acceptors (Lipinski definition) is 4. The van der Waals surface area contributed by atoms with Crippen LogP contribution < -0.4 is 5.32 Å². The SMILES string of the molecule is CCOC(CCNC1CCCCCC1O)OCC. The van der Waals surface area contributed by atoms with Crippen LogP contribution in [0.4, 0.5) is 0 Å². The average molecular weight is 259 g/mol. The van der Waals surface area contributed by atoms with E-state index in [1.165, 1.54) is 12.8 Å². The van der Waals surface area contributed by atoms with Crippen molar-refractivity contribution in [3.05, 3.63) is 0 Å². The Kier molecular flexibility index (Phi) is 8.59. The van der Waals surface area contributed by atoms with Crippen molar-refractivity contribution in [2.45, 2.75) is 70.8 Å². The van der Waals surface area contributed by atoms with E-state index < -0.39 is 0 Å². The van der Waals surface area contributed by atoms with Crippen molar-refractivity contribution < 1.29 is 14.6 Å². The summed E-state index contributed by atoms with van der Waals surface area (Å²) in [6.07, 6.45) is 6.16. The van der Waals surface area contributed by atoms with Crippen LogP contribution in [0, 0.1) is 0 Å². The van der Waals surface area contributed by atoms with Crippen LogP contribution in [0.25, 0.3) is 0 Å². The predicted octanol–water partition coefficient (Wildman–Crippen LogP) is 2.06. The molecule has 0 heterocycles. The van der Waals surface area contributed by atoms with Gasteiger partial charge < -0.3 is 19.9 Å². The van der Waals surface area contributed by atoms with Crippen LogP contribution in [-0.2, 0) is 9.47 Å². The van der Waals surface area contributed by atoms with Crippen LogP contribution in [-0.4, -0.2) is 43.3 Å². The predicted molar refractivity (Wildman–Crippen MR) is 72.5 cm³/mol. The van der Waals surface area contributed by atoms with Crippen molar-refractivity contribution in [1.29, 1.82) is 0 Å². The summed E-state index contributed by atoms with van der Waals surface area (Å²) in [6.45, 7) is 6.16. The fourth-order valence-corrected chi connectivity index (χ4v) is 2.50. The van der Waals surface area contributed by atoms with Crippen molar-refractivity contribution >= 4 is 0 Å². The molecule has 0 aromatic heterocycles. The van der Waals surface area contributed by atoms with E-state index in [1.54, 1.807) is 0 Å². The first kappa shape index (κ1) is 15.9. The minimum atomic E-state index is -0.190. The van der Waals surface area contributed by atoms with E-state index in [-0.39, 0.29) is 18.4 Å². The molecule has 108 valence electrons. The molecule has 1 fully saturated rings. The van der Waals surface area contributed by atoms with Crippen LogP contribution in [0.15, 0.2) is 0 Å². The third-order valence-corrected chi connectivity index (χ3v) is 3.47. The van der Waals surface area contributed by atoms with Gasteiger partial charge in [-0.15, -0.1) is 0 Å². The van der Waals surface area contributed by atoms with Gasteiger partial charge in [0.05, 0.1) is 6.10 Å². The van der Waals surface area contributed by atoms with Gasteiger partial charge >= 0.3 is 0 Å². The molecule has 0 radical (unpaired) electrons. The van der Waals surface area contributed by atoms with Gasteiger partial charge in [0.25, 0.3) is 0 Å². The van der Waals surface area contributed by atoms with Gasteiger partial charge in [-0.2, -0.15) is 0 Å². The Labute approximate surface area is 111 Å². The Morgan fingerprint density at radius 1 is 1.11 bits per heavy atom. The highest BCUT2D eigenvalue weighted by Gasteiger charge is 2.21. The third kappa shape index (κ3) is 6.14. The van der Waals surface area contributed by atoms with Gasteiger partial charge in [-0.25, -0.2) is 0 Å².